The summed E-state index contributed by atoms with van der Waals surface area (Å²) in [5, 5.41) is 0. The van der Waals surface area contributed by atoms with Gasteiger partial charge in [-0.3, -0.25) is 0 Å². The maximum absolute atomic E-state index is 13.6. The molecule has 2 aromatic rings. The van der Waals surface area contributed by atoms with Gasteiger partial charge in [0.25, 0.3) is 0 Å². The van der Waals surface area contributed by atoms with Crippen LogP contribution in [0.15, 0.2) is 12.1 Å². The van der Waals surface area contributed by atoms with Gasteiger partial charge < -0.3 is 9.30 Å². The van der Waals surface area contributed by atoms with Crippen molar-refractivity contribution in [3.8, 4) is 0 Å². The number of hydrogen-bond acceptors (Lipinski definition) is 2. The SMILES string of the molecule is COCC(C)n1c(CCCl)nc2cc(F)c(C)cc21. The summed E-state index contributed by atoms with van der Waals surface area (Å²) in [5.74, 6) is 1.14. The van der Waals surface area contributed by atoms with Crippen LogP contribution in [0, 0.1) is 12.7 Å². The lowest BCUT2D eigenvalue weighted by Gasteiger charge is -2.16. The zero-order valence-electron chi connectivity index (χ0n) is 11.4. The second-order valence-corrected chi connectivity index (χ2v) is 5.11. The molecule has 0 bridgehead atoms. The number of methoxy groups -OCH3 is 1. The van der Waals surface area contributed by atoms with E-state index < -0.39 is 0 Å². The maximum atomic E-state index is 13.6. The molecule has 0 amide bonds. The number of aromatic nitrogens is 2. The predicted molar refractivity (Wildman–Crippen MR) is 75.4 cm³/mol. The molecule has 104 valence electrons. The van der Waals surface area contributed by atoms with Gasteiger partial charge in [-0.2, -0.15) is 0 Å². The molecule has 2 rings (SSSR count). The third-order valence-electron chi connectivity index (χ3n) is 3.21. The largest absolute Gasteiger partial charge is 0.383 e. The molecule has 5 heteroatoms. The van der Waals surface area contributed by atoms with Gasteiger partial charge in [-0.1, -0.05) is 0 Å². The van der Waals surface area contributed by atoms with Gasteiger partial charge >= 0.3 is 0 Å². The van der Waals surface area contributed by atoms with E-state index in [-0.39, 0.29) is 11.9 Å². The fourth-order valence-electron chi connectivity index (χ4n) is 2.34. The van der Waals surface area contributed by atoms with Crippen LogP contribution in [0.5, 0.6) is 0 Å². The third kappa shape index (κ3) is 2.74. The Morgan fingerprint density at radius 2 is 2.21 bits per heavy atom. The van der Waals surface area contributed by atoms with Crippen LogP contribution in [0.1, 0.15) is 24.4 Å². The Hall–Kier alpha value is -1.13. The highest BCUT2D eigenvalue weighted by Crippen LogP contribution is 2.24. The van der Waals surface area contributed by atoms with E-state index in [0.717, 1.165) is 11.3 Å². The molecule has 0 saturated carbocycles. The van der Waals surface area contributed by atoms with Crippen molar-refractivity contribution in [1.82, 2.24) is 9.55 Å². The summed E-state index contributed by atoms with van der Waals surface area (Å²) in [7, 11) is 1.67. The first-order valence-electron chi connectivity index (χ1n) is 6.30. The van der Waals surface area contributed by atoms with E-state index in [4.69, 9.17) is 16.3 Å². The van der Waals surface area contributed by atoms with Crippen molar-refractivity contribution >= 4 is 22.6 Å². The molecule has 0 aliphatic rings. The van der Waals surface area contributed by atoms with E-state index in [0.29, 0.717) is 30.0 Å². The number of hydrogen-bond donors (Lipinski definition) is 0. The van der Waals surface area contributed by atoms with Gasteiger partial charge in [0.1, 0.15) is 11.6 Å². The number of nitrogens with zero attached hydrogens (tertiary/aromatic N) is 2. The van der Waals surface area contributed by atoms with E-state index in [9.17, 15) is 4.39 Å². The van der Waals surface area contributed by atoms with E-state index in [2.05, 4.69) is 16.5 Å². The first kappa shape index (κ1) is 14.3. The van der Waals surface area contributed by atoms with Crippen LogP contribution in [0.3, 0.4) is 0 Å². The Morgan fingerprint density at radius 3 is 2.84 bits per heavy atom. The third-order valence-corrected chi connectivity index (χ3v) is 3.40. The zero-order chi connectivity index (χ0) is 14.0. The topological polar surface area (TPSA) is 27.1 Å². The molecule has 0 radical (unpaired) electrons. The Bertz CT molecular complexity index is 582. The van der Waals surface area contributed by atoms with Crippen molar-refractivity contribution in [2.45, 2.75) is 26.3 Å². The summed E-state index contributed by atoms with van der Waals surface area (Å²) in [6.07, 6.45) is 0.658. The second-order valence-electron chi connectivity index (χ2n) is 4.73. The molecular formula is C14H18ClFN2O. The molecule has 0 saturated heterocycles. The molecule has 0 aliphatic carbocycles. The van der Waals surface area contributed by atoms with Crippen molar-refractivity contribution in [3.63, 3.8) is 0 Å². The normalized spacial score (nSPS) is 13.1. The van der Waals surface area contributed by atoms with Gasteiger partial charge in [0, 0.05) is 25.5 Å². The van der Waals surface area contributed by atoms with Crippen molar-refractivity contribution in [1.29, 1.82) is 0 Å². The number of rotatable bonds is 5. The van der Waals surface area contributed by atoms with E-state index >= 15 is 0 Å². The average molecular weight is 285 g/mol. The Labute approximate surface area is 117 Å². The minimum atomic E-state index is -0.228. The van der Waals surface area contributed by atoms with Crippen molar-refractivity contribution in [3.05, 3.63) is 29.3 Å². The molecule has 0 aliphatic heterocycles. The monoisotopic (exact) mass is 284 g/mol. The number of imidazole rings is 1. The Balaban J connectivity index is 2.61. The lowest BCUT2D eigenvalue weighted by molar-refractivity contribution is 0.162. The minimum Gasteiger partial charge on any atom is -0.383 e. The smallest absolute Gasteiger partial charge is 0.128 e. The van der Waals surface area contributed by atoms with Crippen LogP contribution in [-0.2, 0) is 11.2 Å². The second kappa shape index (κ2) is 5.88. The number of halogens is 2. The highest BCUT2D eigenvalue weighted by Gasteiger charge is 2.16. The molecule has 1 atom stereocenters. The highest BCUT2D eigenvalue weighted by molar-refractivity contribution is 6.17. The molecule has 1 aromatic heterocycles. The van der Waals surface area contributed by atoms with Crippen LogP contribution in [-0.4, -0.2) is 29.1 Å². The predicted octanol–water partition coefficient (Wildman–Crippen LogP) is 3.47. The van der Waals surface area contributed by atoms with Crippen LogP contribution in [0.25, 0.3) is 11.0 Å². The fourth-order valence-corrected chi connectivity index (χ4v) is 2.51. The lowest BCUT2D eigenvalue weighted by atomic mass is 10.2. The zero-order valence-corrected chi connectivity index (χ0v) is 12.2. The molecule has 1 aromatic carbocycles. The van der Waals surface area contributed by atoms with Gasteiger partial charge in [0.05, 0.1) is 23.7 Å². The molecule has 3 nitrogen and oxygen atoms in total. The van der Waals surface area contributed by atoms with Crippen molar-refractivity contribution < 1.29 is 9.13 Å². The number of ether oxygens (including phenoxy) is 1. The molecule has 0 fully saturated rings. The summed E-state index contributed by atoms with van der Waals surface area (Å²) >= 11 is 5.82. The summed E-state index contributed by atoms with van der Waals surface area (Å²) in [6, 6.07) is 3.46. The molecule has 1 heterocycles. The highest BCUT2D eigenvalue weighted by atomic mass is 35.5. The first-order chi connectivity index (χ1) is 9.08. The van der Waals surface area contributed by atoms with Gasteiger partial charge in [0.15, 0.2) is 0 Å². The standard InChI is InChI=1S/C14H18ClFN2O/c1-9-6-13-12(7-11(9)16)17-14(4-5-15)18(13)10(2)8-19-3/h6-7,10H,4-5,8H2,1-3H3. The van der Waals surface area contributed by atoms with Gasteiger partial charge in [0.2, 0.25) is 0 Å². The van der Waals surface area contributed by atoms with Gasteiger partial charge in [-0.05, 0) is 25.5 Å². The van der Waals surface area contributed by atoms with E-state index in [1.807, 2.05) is 6.07 Å². The van der Waals surface area contributed by atoms with Crippen molar-refractivity contribution in [2.24, 2.45) is 0 Å². The summed E-state index contributed by atoms with van der Waals surface area (Å²) in [4.78, 5) is 4.49. The number of fused-ring (bicyclic) bond motifs is 1. The number of alkyl halides is 1. The summed E-state index contributed by atoms with van der Waals surface area (Å²) in [6.45, 7) is 4.40. The fraction of sp³-hybridized carbons (Fsp3) is 0.500. The van der Waals surface area contributed by atoms with Crippen LogP contribution >= 0.6 is 11.6 Å². The maximum Gasteiger partial charge on any atom is 0.128 e. The minimum absolute atomic E-state index is 0.137. The number of aryl methyl sites for hydroxylation is 2. The summed E-state index contributed by atoms with van der Waals surface area (Å²) < 4.78 is 20.9. The van der Waals surface area contributed by atoms with Crippen LogP contribution < -0.4 is 0 Å². The average Bonchev–Trinajstić information content (AvgIpc) is 2.68. The Morgan fingerprint density at radius 1 is 1.47 bits per heavy atom. The lowest BCUT2D eigenvalue weighted by Crippen LogP contribution is -2.14. The summed E-state index contributed by atoms with van der Waals surface area (Å²) in [5.41, 5.74) is 2.23. The number of benzene rings is 1. The molecule has 19 heavy (non-hydrogen) atoms. The quantitative estimate of drug-likeness (QED) is 0.786. The van der Waals surface area contributed by atoms with Crippen LogP contribution in [0.4, 0.5) is 4.39 Å². The Kier molecular flexibility index (Phi) is 4.42. The van der Waals surface area contributed by atoms with E-state index in [1.54, 1.807) is 14.0 Å². The molecule has 1 unspecified atom stereocenters. The first-order valence-corrected chi connectivity index (χ1v) is 6.83. The molecule has 0 spiro atoms. The van der Waals surface area contributed by atoms with Crippen molar-refractivity contribution in [2.75, 3.05) is 19.6 Å². The van der Waals surface area contributed by atoms with E-state index in [1.165, 1.54) is 6.07 Å². The van der Waals surface area contributed by atoms with Crippen LogP contribution in [0.2, 0.25) is 0 Å². The molecular weight excluding hydrogens is 267 g/mol. The van der Waals surface area contributed by atoms with Gasteiger partial charge in [-0.15, -0.1) is 11.6 Å². The van der Waals surface area contributed by atoms with Gasteiger partial charge in [-0.25, -0.2) is 9.37 Å². The molecule has 0 N–H and O–H groups in total.